The molecule has 2 fully saturated rings. The molecule has 0 aromatic rings. The predicted octanol–water partition coefficient (Wildman–Crippen LogP) is 2.36. The molecule has 2 unspecified atom stereocenters. The molecule has 2 rings (SSSR count). The number of nitriles is 1. The van der Waals surface area contributed by atoms with E-state index in [1.165, 1.54) is 6.42 Å². The molecule has 1 amide bonds. The molecule has 1 heterocycles. The summed E-state index contributed by atoms with van der Waals surface area (Å²) in [5.41, 5.74) is 2.26. The maximum absolute atomic E-state index is 12.4. The van der Waals surface area contributed by atoms with Crippen molar-refractivity contribution in [1.82, 2.24) is 10.4 Å². The molecule has 1 saturated heterocycles. The molecule has 1 aliphatic heterocycles. The first-order chi connectivity index (χ1) is 8.59. The molecular formula is C14H23N3O. The summed E-state index contributed by atoms with van der Waals surface area (Å²) in [6.07, 6.45) is 6.86. The first-order valence-electron chi connectivity index (χ1n) is 7.10. The minimum Gasteiger partial charge on any atom is -0.287 e. The van der Waals surface area contributed by atoms with Crippen molar-refractivity contribution >= 4 is 5.91 Å². The Labute approximate surface area is 109 Å². The maximum Gasteiger partial charge on any atom is 0.254 e. The van der Waals surface area contributed by atoms with Crippen LogP contribution in [0.2, 0.25) is 0 Å². The average Bonchev–Trinajstić information content (AvgIpc) is 2.84. The van der Waals surface area contributed by atoms with Gasteiger partial charge in [-0.25, -0.2) is 5.01 Å². The van der Waals surface area contributed by atoms with Crippen LogP contribution in [-0.2, 0) is 4.79 Å². The van der Waals surface area contributed by atoms with Crippen molar-refractivity contribution in [3.63, 3.8) is 0 Å². The number of hydrazine groups is 1. The first kappa shape index (κ1) is 13.4. The van der Waals surface area contributed by atoms with Crippen LogP contribution in [0.4, 0.5) is 0 Å². The van der Waals surface area contributed by atoms with Gasteiger partial charge in [0.05, 0.1) is 6.07 Å². The van der Waals surface area contributed by atoms with E-state index >= 15 is 0 Å². The topological polar surface area (TPSA) is 56.1 Å². The van der Waals surface area contributed by atoms with Crippen LogP contribution in [0.25, 0.3) is 0 Å². The van der Waals surface area contributed by atoms with Crippen molar-refractivity contribution in [2.24, 2.45) is 5.41 Å². The highest BCUT2D eigenvalue weighted by atomic mass is 16.2. The summed E-state index contributed by atoms with van der Waals surface area (Å²) in [4.78, 5) is 12.4. The number of carbonyl (C=O) groups excluding carboxylic acids is 1. The molecule has 0 radical (unpaired) electrons. The van der Waals surface area contributed by atoms with Crippen LogP contribution in [0.5, 0.6) is 0 Å². The number of nitrogens with zero attached hydrogens (tertiary/aromatic N) is 2. The lowest BCUT2D eigenvalue weighted by atomic mass is 9.87. The minimum absolute atomic E-state index is 0.0805. The summed E-state index contributed by atoms with van der Waals surface area (Å²) in [6, 6.07) is 3.00. The predicted molar refractivity (Wildman–Crippen MR) is 69.3 cm³/mol. The Morgan fingerprint density at radius 2 is 1.78 bits per heavy atom. The number of rotatable bonds is 2. The Kier molecular flexibility index (Phi) is 3.91. The van der Waals surface area contributed by atoms with Gasteiger partial charge in [-0.05, 0) is 39.5 Å². The molecule has 1 saturated carbocycles. The molecule has 2 atom stereocenters. The van der Waals surface area contributed by atoms with Crippen molar-refractivity contribution < 1.29 is 4.79 Å². The third-order valence-corrected chi connectivity index (χ3v) is 4.53. The highest BCUT2D eigenvalue weighted by Gasteiger charge is 2.43. The van der Waals surface area contributed by atoms with Gasteiger partial charge in [-0.2, -0.15) is 5.26 Å². The molecule has 0 aromatic heterocycles. The summed E-state index contributed by atoms with van der Waals surface area (Å²) in [5, 5.41) is 11.4. The van der Waals surface area contributed by atoms with Crippen LogP contribution in [0.3, 0.4) is 0 Å². The van der Waals surface area contributed by atoms with E-state index in [1.54, 1.807) is 0 Å². The van der Waals surface area contributed by atoms with Gasteiger partial charge in [-0.3, -0.25) is 10.2 Å². The van der Waals surface area contributed by atoms with E-state index in [0.717, 1.165) is 25.7 Å². The zero-order valence-electron chi connectivity index (χ0n) is 11.4. The van der Waals surface area contributed by atoms with Crippen molar-refractivity contribution in [3.8, 4) is 6.07 Å². The normalized spacial score (nSPS) is 31.8. The molecule has 1 aliphatic carbocycles. The van der Waals surface area contributed by atoms with Crippen molar-refractivity contribution in [2.75, 3.05) is 0 Å². The molecule has 100 valence electrons. The van der Waals surface area contributed by atoms with E-state index in [2.05, 4.69) is 30.4 Å². The minimum atomic E-state index is -0.767. The number of piperidine rings is 1. The van der Waals surface area contributed by atoms with E-state index < -0.39 is 5.41 Å². The second-order valence-electron chi connectivity index (χ2n) is 5.88. The quantitative estimate of drug-likeness (QED) is 0.817. The van der Waals surface area contributed by atoms with E-state index in [0.29, 0.717) is 24.9 Å². The van der Waals surface area contributed by atoms with E-state index in [9.17, 15) is 10.1 Å². The van der Waals surface area contributed by atoms with Crippen molar-refractivity contribution in [1.29, 1.82) is 5.26 Å². The molecule has 4 heteroatoms. The summed E-state index contributed by atoms with van der Waals surface area (Å²) < 4.78 is 0. The van der Waals surface area contributed by atoms with Gasteiger partial charge in [-0.1, -0.05) is 19.3 Å². The fraction of sp³-hybridized carbons (Fsp3) is 0.857. The van der Waals surface area contributed by atoms with Gasteiger partial charge in [0.2, 0.25) is 0 Å². The summed E-state index contributed by atoms with van der Waals surface area (Å²) in [6.45, 7) is 4.28. The molecule has 1 N–H and O–H groups in total. The van der Waals surface area contributed by atoms with Gasteiger partial charge in [-0.15, -0.1) is 0 Å². The average molecular weight is 249 g/mol. The molecular weight excluding hydrogens is 226 g/mol. The fourth-order valence-electron chi connectivity index (χ4n) is 3.23. The summed E-state index contributed by atoms with van der Waals surface area (Å²) in [5.74, 6) is -0.0805. The standard InChI is InChI=1S/C14H23N3O/c1-11-6-5-7-12(2)17(11)16-13(18)14(10-15)8-3-4-9-14/h11-12H,3-9H2,1-2H3,(H,16,18). The van der Waals surface area contributed by atoms with Crippen LogP contribution in [0, 0.1) is 16.7 Å². The smallest absolute Gasteiger partial charge is 0.254 e. The van der Waals surface area contributed by atoms with Gasteiger partial charge < -0.3 is 0 Å². The second-order valence-corrected chi connectivity index (χ2v) is 5.88. The Bertz CT molecular complexity index is 345. The van der Waals surface area contributed by atoms with Crippen LogP contribution in [0.15, 0.2) is 0 Å². The number of hydrogen-bond donors (Lipinski definition) is 1. The van der Waals surface area contributed by atoms with Crippen LogP contribution in [-0.4, -0.2) is 23.0 Å². The maximum atomic E-state index is 12.4. The van der Waals surface area contributed by atoms with Gasteiger partial charge in [0.25, 0.3) is 5.91 Å². The molecule has 4 nitrogen and oxygen atoms in total. The van der Waals surface area contributed by atoms with Crippen molar-refractivity contribution in [2.45, 2.75) is 70.9 Å². The lowest BCUT2D eigenvalue weighted by Gasteiger charge is -2.40. The van der Waals surface area contributed by atoms with E-state index in [4.69, 9.17) is 0 Å². The highest BCUT2D eigenvalue weighted by Crippen LogP contribution is 2.38. The largest absolute Gasteiger partial charge is 0.287 e. The lowest BCUT2D eigenvalue weighted by Crippen LogP contribution is -2.57. The summed E-state index contributed by atoms with van der Waals surface area (Å²) in [7, 11) is 0. The van der Waals surface area contributed by atoms with E-state index in [1.807, 2.05) is 0 Å². The number of hydrogen-bond acceptors (Lipinski definition) is 3. The molecule has 0 spiro atoms. The highest BCUT2D eigenvalue weighted by molar-refractivity contribution is 5.85. The van der Waals surface area contributed by atoms with Crippen LogP contribution < -0.4 is 5.43 Å². The van der Waals surface area contributed by atoms with Gasteiger partial charge >= 0.3 is 0 Å². The van der Waals surface area contributed by atoms with Crippen LogP contribution in [0.1, 0.15) is 58.8 Å². The Balaban J connectivity index is 2.04. The number of amides is 1. The Hall–Kier alpha value is -1.08. The van der Waals surface area contributed by atoms with Gasteiger partial charge in [0.15, 0.2) is 0 Å². The number of carbonyl (C=O) groups is 1. The second kappa shape index (κ2) is 5.27. The number of nitrogens with one attached hydrogen (secondary N) is 1. The Morgan fingerprint density at radius 3 is 2.28 bits per heavy atom. The third-order valence-electron chi connectivity index (χ3n) is 4.53. The molecule has 0 bridgehead atoms. The Morgan fingerprint density at radius 1 is 1.22 bits per heavy atom. The SMILES string of the molecule is CC1CCCC(C)N1NC(=O)C1(C#N)CCCC1. The van der Waals surface area contributed by atoms with E-state index in [-0.39, 0.29) is 5.91 Å². The zero-order chi connectivity index (χ0) is 13.2. The zero-order valence-corrected chi connectivity index (χ0v) is 11.4. The summed E-state index contributed by atoms with van der Waals surface area (Å²) >= 11 is 0. The van der Waals surface area contributed by atoms with Crippen LogP contribution >= 0.6 is 0 Å². The fourth-order valence-corrected chi connectivity index (χ4v) is 3.23. The molecule has 2 aliphatic rings. The van der Waals surface area contributed by atoms with Gasteiger partial charge in [0.1, 0.15) is 5.41 Å². The first-order valence-corrected chi connectivity index (χ1v) is 7.10. The molecule has 0 aromatic carbocycles. The molecule has 18 heavy (non-hydrogen) atoms. The third kappa shape index (κ3) is 2.37. The van der Waals surface area contributed by atoms with Gasteiger partial charge in [0, 0.05) is 12.1 Å². The monoisotopic (exact) mass is 249 g/mol. The lowest BCUT2D eigenvalue weighted by molar-refractivity contribution is -0.136. The van der Waals surface area contributed by atoms with Crippen molar-refractivity contribution in [3.05, 3.63) is 0 Å².